The molecule has 0 bridgehead atoms. The predicted molar refractivity (Wildman–Crippen MR) is 87.6 cm³/mol. The van der Waals surface area contributed by atoms with Crippen molar-refractivity contribution in [3.63, 3.8) is 0 Å². The van der Waals surface area contributed by atoms with E-state index in [-0.39, 0.29) is 36.5 Å². The summed E-state index contributed by atoms with van der Waals surface area (Å²) < 4.78 is 7.83. The monoisotopic (exact) mass is 334 g/mol. The van der Waals surface area contributed by atoms with E-state index in [2.05, 4.69) is 40.0 Å². The van der Waals surface area contributed by atoms with Gasteiger partial charge in [-0.1, -0.05) is 0 Å². The van der Waals surface area contributed by atoms with Crippen LogP contribution >= 0.6 is 0 Å². The molecule has 0 aromatic carbocycles. The molecule has 3 N–H and O–H groups in total. The number of likely N-dealkylation sites (N-methyl/N-ethyl adjacent to an activating group) is 1. The Morgan fingerprint density at radius 2 is 2.12 bits per heavy atom. The summed E-state index contributed by atoms with van der Waals surface area (Å²) in [6.07, 6.45) is 9.49. The van der Waals surface area contributed by atoms with Gasteiger partial charge in [0.1, 0.15) is 6.04 Å². The van der Waals surface area contributed by atoms with E-state index in [1.54, 1.807) is 6.20 Å². The van der Waals surface area contributed by atoms with Gasteiger partial charge < -0.3 is 14.6 Å². The van der Waals surface area contributed by atoms with Crippen LogP contribution in [-0.4, -0.2) is 57.9 Å². The van der Waals surface area contributed by atoms with E-state index >= 15 is 0 Å². The number of ether oxygens (including phenoxy) is 1. The van der Waals surface area contributed by atoms with Gasteiger partial charge in [0.15, 0.2) is 6.23 Å². The Kier molecular flexibility index (Phi) is 4.29. The molecule has 6 atom stereocenters. The van der Waals surface area contributed by atoms with E-state index in [4.69, 9.17) is 4.74 Å². The van der Waals surface area contributed by atoms with Crippen molar-refractivity contribution in [3.05, 3.63) is 18.7 Å². The predicted octanol–water partition coefficient (Wildman–Crippen LogP) is -0.0379. The molecule has 0 radical (unpaired) electrons. The molecular weight excluding hydrogens is 308 g/mol. The summed E-state index contributed by atoms with van der Waals surface area (Å²) in [6.45, 7) is 2.12. The van der Waals surface area contributed by atoms with Crippen LogP contribution in [0.4, 0.5) is 0 Å². The highest BCUT2D eigenvalue weighted by molar-refractivity contribution is 5.78. The molecule has 24 heavy (non-hydrogen) atoms. The van der Waals surface area contributed by atoms with Gasteiger partial charge in [-0.2, -0.15) is 0 Å². The Hall–Kier alpha value is -1.48. The maximum atomic E-state index is 12.5. The molecule has 4 heterocycles. The zero-order valence-corrected chi connectivity index (χ0v) is 14.2. The molecule has 0 spiro atoms. The number of carbonyl (C=O) groups excluding carboxylic acids is 1. The van der Waals surface area contributed by atoms with E-state index < -0.39 is 0 Å². The fraction of sp³-hybridized carbons (Fsp3) is 0.750. The highest BCUT2D eigenvalue weighted by Crippen LogP contribution is 2.29. The zero-order chi connectivity index (χ0) is 16.7. The summed E-state index contributed by atoms with van der Waals surface area (Å²) in [5.41, 5.74) is 6.67. The number of imidazole rings is 1. The molecule has 0 amide bonds. The highest BCUT2D eigenvalue weighted by atomic mass is 16.6. The minimum absolute atomic E-state index is 0.0824. The lowest BCUT2D eigenvalue weighted by Gasteiger charge is -2.49. The van der Waals surface area contributed by atoms with Gasteiger partial charge in [-0.3, -0.25) is 9.69 Å². The van der Waals surface area contributed by atoms with E-state index in [0.717, 1.165) is 25.7 Å². The van der Waals surface area contributed by atoms with Crippen molar-refractivity contribution in [1.82, 2.24) is 30.6 Å². The van der Waals surface area contributed by atoms with Gasteiger partial charge in [0, 0.05) is 24.5 Å². The molecule has 6 unspecified atom stereocenters. The number of nitrogens with one attached hydrogen (secondary N) is 3. The van der Waals surface area contributed by atoms with Crippen LogP contribution in [0.15, 0.2) is 18.7 Å². The molecule has 1 aromatic rings. The molecule has 3 fully saturated rings. The summed E-state index contributed by atoms with van der Waals surface area (Å²) in [4.78, 5) is 18.8. The van der Waals surface area contributed by atoms with Crippen molar-refractivity contribution >= 4 is 5.97 Å². The maximum Gasteiger partial charge on any atom is 0.326 e. The van der Waals surface area contributed by atoms with Gasteiger partial charge in [0.05, 0.1) is 18.5 Å². The number of esters is 1. The fourth-order valence-corrected chi connectivity index (χ4v) is 4.16. The van der Waals surface area contributed by atoms with Crippen LogP contribution < -0.4 is 16.2 Å². The van der Waals surface area contributed by atoms with E-state index in [9.17, 15) is 4.79 Å². The summed E-state index contributed by atoms with van der Waals surface area (Å²) in [5.74, 6) is -0.117. The molecular formula is C16H26N6O2. The van der Waals surface area contributed by atoms with Gasteiger partial charge in [0.2, 0.25) is 0 Å². The van der Waals surface area contributed by atoms with Crippen molar-refractivity contribution in [2.45, 2.75) is 69.2 Å². The van der Waals surface area contributed by atoms with Gasteiger partial charge in [0.25, 0.3) is 0 Å². The van der Waals surface area contributed by atoms with Crippen LogP contribution in [0.5, 0.6) is 0 Å². The third-order valence-electron chi connectivity index (χ3n) is 5.58. The normalized spacial score (nSPS) is 40.8. The van der Waals surface area contributed by atoms with Crippen molar-refractivity contribution in [2.75, 3.05) is 7.05 Å². The molecule has 8 heteroatoms. The third-order valence-corrected chi connectivity index (χ3v) is 5.58. The second-order valence-corrected chi connectivity index (χ2v) is 7.18. The summed E-state index contributed by atoms with van der Waals surface area (Å²) in [7, 11) is 2.07. The number of hydrazine groups is 1. The Labute approximate surface area is 141 Å². The molecule has 3 aliphatic heterocycles. The largest absolute Gasteiger partial charge is 0.443 e. The van der Waals surface area contributed by atoms with Crippen molar-refractivity contribution < 1.29 is 9.53 Å². The number of rotatable bonds is 2. The van der Waals surface area contributed by atoms with E-state index in [1.165, 1.54) is 0 Å². The van der Waals surface area contributed by atoms with Crippen LogP contribution in [0.1, 0.15) is 38.8 Å². The third kappa shape index (κ3) is 2.83. The van der Waals surface area contributed by atoms with Crippen LogP contribution in [0, 0.1) is 0 Å². The molecule has 0 aliphatic carbocycles. The first-order valence-electron chi connectivity index (χ1n) is 8.80. The number of fused-ring (bicyclic) bond motifs is 1. The number of carbonyl (C=O) groups is 1. The summed E-state index contributed by atoms with van der Waals surface area (Å²) in [5, 5.41) is 3.38. The molecule has 1 aromatic heterocycles. The lowest BCUT2D eigenvalue weighted by atomic mass is 9.90. The van der Waals surface area contributed by atoms with Crippen molar-refractivity contribution in [3.8, 4) is 0 Å². The Morgan fingerprint density at radius 3 is 2.83 bits per heavy atom. The standard InChI is InChI=1S/C16H26N6O2/c1-10-3-5-12-14(18-10)16(23)24-15(21(12)2)11-4-6-13(20-19-11)22-8-7-17-9-22/h7-15,18-20H,3-6H2,1-2H3. The second-order valence-electron chi connectivity index (χ2n) is 7.18. The smallest absolute Gasteiger partial charge is 0.326 e. The van der Waals surface area contributed by atoms with E-state index in [1.807, 2.05) is 17.1 Å². The van der Waals surface area contributed by atoms with Gasteiger partial charge in [-0.05, 0) is 39.7 Å². The lowest BCUT2D eigenvalue weighted by molar-refractivity contribution is -0.188. The topological polar surface area (TPSA) is 83.4 Å². The molecule has 8 nitrogen and oxygen atoms in total. The minimum atomic E-state index is -0.231. The van der Waals surface area contributed by atoms with Crippen LogP contribution in [0.3, 0.4) is 0 Å². The first-order chi connectivity index (χ1) is 11.6. The number of nitrogens with zero attached hydrogens (tertiary/aromatic N) is 3. The van der Waals surface area contributed by atoms with Gasteiger partial charge in [-0.25, -0.2) is 15.8 Å². The van der Waals surface area contributed by atoms with Gasteiger partial charge >= 0.3 is 5.97 Å². The van der Waals surface area contributed by atoms with Crippen LogP contribution in [-0.2, 0) is 9.53 Å². The van der Waals surface area contributed by atoms with Crippen molar-refractivity contribution in [1.29, 1.82) is 0 Å². The number of hydrogen-bond donors (Lipinski definition) is 3. The summed E-state index contributed by atoms with van der Waals surface area (Å²) in [6, 6.07) is 0.457. The molecule has 132 valence electrons. The van der Waals surface area contributed by atoms with E-state index in [0.29, 0.717) is 6.04 Å². The first-order valence-corrected chi connectivity index (χ1v) is 8.80. The minimum Gasteiger partial charge on any atom is -0.443 e. The molecule has 3 saturated heterocycles. The van der Waals surface area contributed by atoms with Gasteiger partial charge in [-0.15, -0.1) is 0 Å². The maximum absolute atomic E-state index is 12.5. The number of hydrogen-bond acceptors (Lipinski definition) is 7. The number of cyclic esters (lactones) is 1. The molecule has 4 rings (SSSR count). The SMILES string of the molecule is CC1CCC2C(N1)C(=O)OC(C1CCC(n3ccnc3)NN1)N2C. The van der Waals surface area contributed by atoms with Crippen LogP contribution in [0.25, 0.3) is 0 Å². The molecule has 0 saturated carbocycles. The Bertz CT molecular complexity index is 571. The summed E-state index contributed by atoms with van der Waals surface area (Å²) >= 11 is 0. The Morgan fingerprint density at radius 1 is 1.25 bits per heavy atom. The quantitative estimate of drug-likeness (QED) is 0.655. The fourth-order valence-electron chi connectivity index (χ4n) is 4.16. The average Bonchev–Trinajstić information content (AvgIpc) is 3.13. The second kappa shape index (κ2) is 6.44. The zero-order valence-electron chi connectivity index (χ0n) is 14.2. The molecule has 3 aliphatic rings. The Balaban J connectivity index is 1.41. The number of piperidine rings is 1. The first kappa shape index (κ1) is 16.0. The van der Waals surface area contributed by atoms with Crippen LogP contribution in [0.2, 0.25) is 0 Å². The lowest BCUT2D eigenvalue weighted by Crippen LogP contribution is -2.70. The number of aromatic nitrogens is 2. The van der Waals surface area contributed by atoms with Crippen molar-refractivity contribution in [2.24, 2.45) is 0 Å². The highest BCUT2D eigenvalue weighted by Gasteiger charge is 2.47. The average molecular weight is 334 g/mol.